The fraction of sp³-hybridized carbons (Fsp3) is 0.375. The van der Waals surface area contributed by atoms with Gasteiger partial charge in [0.15, 0.2) is 0 Å². The van der Waals surface area contributed by atoms with Crippen LogP contribution in [0, 0.1) is 0 Å². The molecule has 0 radical (unpaired) electrons. The maximum atomic E-state index is 12.4. The van der Waals surface area contributed by atoms with Gasteiger partial charge in [-0.3, -0.25) is 0 Å². The number of ether oxygens (including phenoxy) is 1. The Balaban J connectivity index is 3.22. The van der Waals surface area contributed by atoms with Gasteiger partial charge in [0.05, 0.1) is 13.7 Å². The molecule has 1 aromatic rings. The predicted molar refractivity (Wildman–Crippen MR) is 41.7 cm³/mol. The summed E-state index contributed by atoms with van der Waals surface area (Å²) in [6, 6.07) is 0.811. The van der Waals surface area contributed by atoms with Gasteiger partial charge in [0.25, 0.3) is 0 Å². The largest absolute Gasteiger partial charge is 0.481 e. The Labute approximate surface area is 78.2 Å². The number of aromatic nitrogens is 1. The van der Waals surface area contributed by atoms with Crippen LogP contribution in [0.15, 0.2) is 12.3 Å². The first-order valence-electron chi connectivity index (χ1n) is 3.70. The summed E-state index contributed by atoms with van der Waals surface area (Å²) in [5.74, 6) is -0.491. The van der Waals surface area contributed by atoms with Gasteiger partial charge in [-0.05, 0) is 11.6 Å². The Morgan fingerprint density at radius 3 is 2.57 bits per heavy atom. The van der Waals surface area contributed by atoms with Crippen molar-refractivity contribution < 1.29 is 23.0 Å². The zero-order valence-electron chi connectivity index (χ0n) is 7.30. The number of hydrogen-bond donors (Lipinski definition) is 1. The number of aliphatic hydroxyl groups excluding tert-OH is 1. The van der Waals surface area contributed by atoms with E-state index in [1.165, 1.54) is 0 Å². The number of pyridine rings is 1. The molecule has 3 nitrogen and oxygen atoms in total. The van der Waals surface area contributed by atoms with Gasteiger partial charge in [-0.25, -0.2) is 4.98 Å². The van der Waals surface area contributed by atoms with Crippen molar-refractivity contribution in [2.45, 2.75) is 12.8 Å². The number of halogens is 3. The highest BCUT2D eigenvalue weighted by Crippen LogP contribution is 2.35. The topological polar surface area (TPSA) is 42.4 Å². The molecule has 0 bridgehead atoms. The van der Waals surface area contributed by atoms with E-state index in [1.54, 1.807) is 0 Å². The van der Waals surface area contributed by atoms with Crippen LogP contribution in [-0.2, 0) is 12.8 Å². The first-order chi connectivity index (χ1) is 6.49. The molecule has 0 fully saturated rings. The van der Waals surface area contributed by atoms with E-state index in [9.17, 15) is 13.2 Å². The summed E-state index contributed by atoms with van der Waals surface area (Å²) in [5, 5.41) is 8.64. The second-order valence-corrected chi connectivity index (χ2v) is 2.56. The van der Waals surface area contributed by atoms with Crippen molar-refractivity contribution in [1.29, 1.82) is 0 Å². The van der Waals surface area contributed by atoms with Crippen LogP contribution in [0.1, 0.15) is 11.1 Å². The van der Waals surface area contributed by atoms with E-state index < -0.39 is 24.2 Å². The average molecular weight is 207 g/mol. The summed E-state index contributed by atoms with van der Waals surface area (Å²) in [6.07, 6.45) is -3.39. The average Bonchev–Trinajstić information content (AvgIpc) is 2.15. The molecule has 0 aliphatic rings. The fourth-order valence-electron chi connectivity index (χ4n) is 0.948. The van der Waals surface area contributed by atoms with E-state index in [0.717, 1.165) is 19.4 Å². The molecule has 0 aromatic carbocycles. The lowest BCUT2D eigenvalue weighted by Gasteiger charge is -2.11. The van der Waals surface area contributed by atoms with Crippen LogP contribution in [0.5, 0.6) is 5.88 Å². The molecule has 14 heavy (non-hydrogen) atoms. The second kappa shape index (κ2) is 3.83. The van der Waals surface area contributed by atoms with Gasteiger partial charge in [-0.15, -0.1) is 0 Å². The third-order valence-electron chi connectivity index (χ3n) is 1.59. The Kier molecular flexibility index (Phi) is 2.95. The van der Waals surface area contributed by atoms with Crippen molar-refractivity contribution in [1.82, 2.24) is 4.98 Å². The highest BCUT2D eigenvalue weighted by Gasteiger charge is 2.35. The molecule has 0 saturated heterocycles. The Morgan fingerprint density at radius 1 is 1.50 bits per heavy atom. The first kappa shape index (κ1) is 10.8. The van der Waals surface area contributed by atoms with E-state index in [0.29, 0.717) is 0 Å². The van der Waals surface area contributed by atoms with Gasteiger partial charge in [0.2, 0.25) is 5.88 Å². The van der Waals surface area contributed by atoms with Crippen LogP contribution in [0.25, 0.3) is 0 Å². The molecular weight excluding hydrogens is 199 g/mol. The Bertz CT molecular complexity index is 325. The minimum Gasteiger partial charge on any atom is -0.481 e. The van der Waals surface area contributed by atoms with Crippen LogP contribution < -0.4 is 4.74 Å². The second-order valence-electron chi connectivity index (χ2n) is 2.56. The molecule has 1 rings (SSSR count). The van der Waals surface area contributed by atoms with Crippen molar-refractivity contribution >= 4 is 0 Å². The SMILES string of the molecule is COc1ncc(CO)cc1C(F)(F)F. The third kappa shape index (κ3) is 2.14. The summed E-state index contributed by atoms with van der Waals surface area (Å²) < 4.78 is 41.5. The van der Waals surface area contributed by atoms with Gasteiger partial charge >= 0.3 is 6.18 Å². The number of rotatable bonds is 2. The lowest BCUT2D eigenvalue weighted by molar-refractivity contribution is -0.139. The van der Waals surface area contributed by atoms with Gasteiger partial charge in [-0.1, -0.05) is 0 Å². The minimum absolute atomic E-state index is 0.0955. The number of hydrogen-bond acceptors (Lipinski definition) is 3. The van der Waals surface area contributed by atoms with Gasteiger partial charge in [-0.2, -0.15) is 13.2 Å². The zero-order valence-corrected chi connectivity index (χ0v) is 7.30. The molecule has 78 valence electrons. The molecule has 0 unspecified atom stereocenters. The maximum absolute atomic E-state index is 12.4. The van der Waals surface area contributed by atoms with E-state index in [4.69, 9.17) is 5.11 Å². The quantitative estimate of drug-likeness (QED) is 0.800. The van der Waals surface area contributed by atoms with Crippen molar-refractivity contribution in [3.63, 3.8) is 0 Å². The fourth-order valence-corrected chi connectivity index (χ4v) is 0.948. The summed E-state index contributed by atoms with van der Waals surface area (Å²) in [7, 11) is 1.11. The zero-order chi connectivity index (χ0) is 10.8. The Morgan fingerprint density at radius 2 is 2.14 bits per heavy atom. The van der Waals surface area contributed by atoms with E-state index in [1.807, 2.05) is 0 Å². The number of aliphatic hydroxyl groups is 1. The molecule has 6 heteroatoms. The van der Waals surface area contributed by atoms with Crippen LogP contribution in [0.4, 0.5) is 13.2 Å². The summed E-state index contributed by atoms with van der Waals surface area (Å²) in [6.45, 7) is -0.486. The number of methoxy groups -OCH3 is 1. The first-order valence-corrected chi connectivity index (χ1v) is 3.70. The monoisotopic (exact) mass is 207 g/mol. The number of alkyl halides is 3. The van der Waals surface area contributed by atoms with Gasteiger partial charge in [0.1, 0.15) is 5.56 Å². The van der Waals surface area contributed by atoms with Crippen molar-refractivity contribution in [3.05, 3.63) is 23.4 Å². The maximum Gasteiger partial charge on any atom is 0.421 e. The molecule has 0 atom stereocenters. The molecule has 1 N–H and O–H groups in total. The number of nitrogens with zero attached hydrogens (tertiary/aromatic N) is 1. The van der Waals surface area contributed by atoms with E-state index in [-0.39, 0.29) is 5.56 Å². The summed E-state index contributed by atoms with van der Waals surface area (Å²) in [5.41, 5.74) is -0.885. The van der Waals surface area contributed by atoms with Crippen LogP contribution in [-0.4, -0.2) is 17.2 Å². The van der Waals surface area contributed by atoms with E-state index >= 15 is 0 Å². The summed E-state index contributed by atoms with van der Waals surface area (Å²) in [4.78, 5) is 3.43. The van der Waals surface area contributed by atoms with Crippen molar-refractivity contribution in [3.8, 4) is 5.88 Å². The molecule has 1 aromatic heterocycles. The minimum atomic E-state index is -4.52. The lowest BCUT2D eigenvalue weighted by atomic mass is 10.2. The molecule has 0 aliphatic heterocycles. The molecular formula is C8H8F3NO2. The van der Waals surface area contributed by atoms with Crippen molar-refractivity contribution in [2.75, 3.05) is 7.11 Å². The van der Waals surface area contributed by atoms with Crippen molar-refractivity contribution in [2.24, 2.45) is 0 Å². The normalized spacial score (nSPS) is 11.5. The Hall–Kier alpha value is -1.30. The standard InChI is InChI=1S/C8H8F3NO2/c1-14-7-6(8(9,10)11)2-5(4-13)3-12-7/h2-3,13H,4H2,1H3. The predicted octanol–water partition coefficient (Wildman–Crippen LogP) is 1.60. The van der Waals surface area contributed by atoms with Crippen LogP contribution in [0.3, 0.4) is 0 Å². The molecule has 0 aliphatic carbocycles. The molecule has 0 saturated carbocycles. The van der Waals surface area contributed by atoms with Gasteiger partial charge < -0.3 is 9.84 Å². The molecule has 1 heterocycles. The van der Waals surface area contributed by atoms with E-state index in [2.05, 4.69) is 9.72 Å². The molecule has 0 amide bonds. The van der Waals surface area contributed by atoms with Gasteiger partial charge in [0, 0.05) is 6.20 Å². The lowest BCUT2D eigenvalue weighted by Crippen LogP contribution is -2.09. The third-order valence-corrected chi connectivity index (χ3v) is 1.59. The summed E-state index contributed by atoms with van der Waals surface area (Å²) >= 11 is 0. The highest BCUT2D eigenvalue weighted by atomic mass is 19.4. The van der Waals surface area contributed by atoms with Crippen LogP contribution in [0.2, 0.25) is 0 Å². The highest BCUT2D eigenvalue weighted by molar-refractivity contribution is 5.32. The van der Waals surface area contributed by atoms with Crippen LogP contribution >= 0.6 is 0 Å². The smallest absolute Gasteiger partial charge is 0.421 e. The molecule has 0 spiro atoms.